The Labute approximate surface area is 199 Å². The van der Waals surface area contributed by atoms with E-state index in [4.69, 9.17) is 4.84 Å². The minimum absolute atomic E-state index is 0.0683. The molecule has 0 saturated heterocycles. The molecular formula is C27H29N3O4. The van der Waals surface area contributed by atoms with Crippen LogP contribution < -0.4 is 16.1 Å². The van der Waals surface area contributed by atoms with Crippen molar-refractivity contribution in [3.8, 4) is 0 Å². The molecule has 3 rings (SSSR count). The van der Waals surface area contributed by atoms with Gasteiger partial charge in [0.1, 0.15) is 0 Å². The molecule has 3 aromatic rings. The quantitative estimate of drug-likeness (QED) is 0.363. The van der Waals surface area contributed by atoms with E-state index in [0.717, 1.165) is 16.7 Å². The Morgan fingerprint density at radius 2 is 1.24 bits per heavy atom. The average molecular weight is 460 g/mol. The van der Waals surface area contributed by atoms with Crippen molar-refractivity contribution in [3.05, 3.63) is 108 Å². The average Bonchev–Trinajstić information content (AvgIpc) is 2.87. The predicted molar refractivity (Wildman–Crippen MR) is 129 cm³/mol. The number of carbonyl (C=O) groups excluding carboxylic acids is 3. The third-order valence-electron chi connectivity index (χ3n) is 5.15. The number of nitrogens with one attached hydrogen (secondary N) is 3. The van der Waals surface area contributed by atoms with Crippen molar-refractivity contribution < 1.29 is 19.2 Å². The first-order valence-electron chi connectivity index (χ1n) is 11.2. The van der Waals surface area contributed by atoms with Gasteiger partial charge in [-0.3, -0.25) is 19.2 Å². The minimum Gasteiger partial charge on any atom is -0.350 e. The second-order valence-electron chi connectivity index (χ2n) is 7.87. The van der Waals surface area contributed by atoms with Gasteiger partial charge in [-0.2, -0.15) is 0 Å². The van der Waals surface area contributed by atoms with Crippen LogP contribution in [0.5, 0.6) is 0 Å². The van der Waals surface area contributed by atoms with E-state index in [0.29, 0.717) is 13.0 Å². The first-order chi connectivity index (χ1) is 16.6. The summed E-state index contributed by atoms with van der Waals surface area (Å²) in [7, 11) is 0. The zero-order valence-corrected chi connectivity index (χ0v) is 18.9. The topological polar surface area (TPSA) is 96.5 Å². The Kier molecular flexibility index (Phi) is 9.83. The fourth-order valence-electron chi connectivity index (χ4n) is 3.37. The van der Waals surface area contributed by atoms with Crippen molar-refractivity contribution in [2.24, 2.45) is 5.92 Å². The summed E-state index contributed by atoms with van der Waals surface area (Å²) in [6.45, 7) is 0.441. The molecule has 7 nitrogen and oxygen atoms in total. The van der Waals surface area contributed by atoms with Crippen LogP contribution in [0, 0.1) is 5.92 Å². The van der Waals surface area contributed by atoms with E-state index in [-0.39, 0.29) is 31.4 Å². The van der Waals surface area contributed by atoms with Crippen molar-refractivity contribution in [1.82, 2.24) is 16.1 Å². The molecule has 3 N–H and O–H groups in total. The van der Waals surface area contributed by atoms with Gasteiger partial charge in [0, 0.05) is 13.0 Å². The lowest BCUT2D eigenvalue weighted by molar-refractivity contribution is -0.139. The Morgan fingerprint density at radius 3 is 1.85 bits per heavy atom. The lowest BCUT2D eigenvalue weighted by Gasteiger charge is -2.17. The normalized spacial score (nSPS) is 11.3. The van der Waals surface area contributed by atoms with Gasteiger partial charge in [0.25, 0.3) is 0 Å². The lowest BCUT2D eigenvalue weighted by Crippen LogP contribution is -2.41. The summed E-state index contributed by atoms with van der Waals surface area (Å²) in [6.07, 6.45) is 0.297. The second kappa shape index (κ2) is 13.5. The van der Waals surface area contributed by atoms with Crippen molar-refractivity contribution in [2.75, 3.05) is 6.54 Å². The maximum absolute atomic E-state index is 12.8. The standard InChI is InChI=1S/C27H29N3O4/c31-25(30-34-20-23-14-8-3-9-15-23)17-24(16-21-10-4-1-5-11-21)27(33)29-19-26(32)28-18-22-12-6-2-7-13-22/h1-15,24H,16-20H2,(H,28,32)(H,29,33)(H,30,31). The molecule has 0 bridgehead atoms. The van der Waals surface area contributed by atoms with Crippen LogP contribution in [0.4, 0.5) is 0 Å². The smallest absolute Gasteiger partial charge is 0.244 e. The molecule has 1 unspecified atom stereocenters. The molecule has 0 aliphatic heterocycles. The number of amides is 3. The van der Waals surface area contributed by atoms with Gasteiger partial charge >= 0.3 is 0 Å². The zero-order chi connectivity index (χ0) is 24.0. The highest BCUT2D eigenvalue weighted by Gasteiger charge is 2.23. The Hall–Kier alpha value is -3.97. The first-order valence-corrected chi connectivity index (χ1v) is 11.2. The van der Waals surface area contributed by atoms with Crippen LogP contribution in [-0.4, -0.2) is 24.3 Å². The summed E-state index contributed by atoms with van der Waals surface area (Å²) >= 11 is 0. The van der Waals surface area contributed by atoms with E-state index in [1.54, 1.807) is 0 Å². The molecule has 34 heavy (non-hydrogen) atoms. The molecule has 7 heteroatoms. The van der Waals surface area contributed by atoms with Crippen LogP contribution in [0.1, 0.15) is 23.1 Å². The number of carbonyl (C=O) groups is 3. The maximum atomic E-state index is 12.8. The molecule has 0 aliphatic carbocycles. The van der Waals surface area contributed by atoms with Crippen molar-refractivity contribution in [2.45, 2.75) is 26.0 Å². The third kappa shape index (κ3) is 8.88. The zero-order valence-electron chi connectivity index (χ0n) is 18.9. The molecule has 0 radical (unpaired) electrons. The third-order valence-corrected chi connectivity index (χ3v) is 5.15. The number of rotatable bonds is 12. The lowest BCUT2D eigenvalue weighted by atomic mass is 9.95. The summed E-state index contributed by atoms with van der Waals surface area (Å²) in [6, 6.07) is 28.4. The van der Waals surface area contributed by atoms with Crippen molar-refractivity contribution >= 4 is 17.7 Å². The van der Waals surface area contributed by atoms with Crippen molar-refractivity contribution in [1.29, 1.82) is 0 Å². The molecule has 3 aromatic carbocycles. The molecule has 0 fully saturated rings. The highest BCUT2D eigenvalue weighted by Crippen LogP contribution is 2.13. The fourth-order valence-corrected chi connectivity index (χ4v) is 3.37. The highest BCUT2D eigenvalue weighted by atomic mass is 16.6. The molecule has 0 saturated carbocycles. The summed E-state index contributed by atoms with van der Waals surface area (Å²) in [4.78, 5) is 42.7. The molecular weight excluding hydrogens is 430 g/mol. The largest absolute Gasteiger partial charge is 0.350 e. The van der Waals surface area contributed by atoms with Gasteiger partial charge in [0.2, 0.25) is 17.7 Å². The molecule has 176 valence electrons. The Balaban J connectivity index is 1.49. The van der Waals surface area contributed by atoms with E-state index >= 15 is 0 Å². The summed E-state index contributed by atoms with van der Waals surface area (Å²) in [5, 5.41) is 5.43. The van der Waals surface area contributed by atoms with E-state index in [9.17, 15) is 14.4 Å². The van der Waals surface area contributed by atoms with E-state index in [1.165, 1.54) is 0 Å². The van der Waals surface area contributed by atoms with Gasteiger partial charge in [0.05, 0.1) is 19.1 Å². The van der Waals surface area contributed by atoms with Gasteiger partial charge in [-0.1, -0.05) is 91.0 Å². The van der Waals surface area contributed by atoms with Crippen molar-refractivity contribution in [3.63, 3.8) is 0 Å². The van der Waals surface area contributed by atoms with Gasteiger partial charge < -0.3 is 10.6 Å². The number of hydrogen-bond donors (Lipinski definition) is 3. The van der Waals surface area contributed by atoms with Crippen LogP contribution in [0.2, 0.25) is 0 Å². The van der Waals surface area contributed by atoms with Gasteiger partial charge in [-0.15, -0.1) is 0 Å². The molecule has 3 amide bonds. The molecule has 1 atom stereocenters. The van der Waals surface area contributed by atoms with Crippen LogP contribution in [0.3, 0.4) is 0 Å². The van der Waals surface area contributed by atoms with Crippen LogP contribution in [0.25, 0.3) is 0 Å². The second-order valence-corrected chi connectivity index (χ2v) is 7.87. The van der Waals surface area contributed by atoms with Crippen LogP contribution in [0.15, 0.2) is 91.0 Å². The first kappa shape index (κ1) is 24.7. The van der Waals surface area contributed by atoms with Gasteiger partial charge in [-0.05, 0) is 23.1 Å². The summed E-state index contributed by atoms with van der Waals surface area (Å²) < 4.78 is 0. The fraction of sp³-hybridized carbons (Fsp3) is 0.222. The van der Waals surface area contributed by atoms with Crippen LogP contribution in [-0.2, 0) is 38.8 Å². The Bertz CT molecular complexity index is 1040. The SMILES string of the molecule is O=C(CNC(=O)C(CC(=O)NOCc1ccccc1)Cc1ccccc1)NCc1ccccc1. The summed E-state index contributed by atoms with van der Waals surface area (Å²) in [5.74, 6) is -1.71. The van der Waals surface area contributed by atoms with E-state index in [2.05, 4.69) is 16.1 Å². The minimum atomic E-state index is -0.648. The maximum Gasteiger partial charge on any atom is 0.244 e. The Morgan fingerprint density at radius 1 is 0.676 bits per heavy atom. The molecule has 0 aromatic heterocycles. The van der Waals surface area contributed by atoms with E-state index in [1.807, 2.05) is 91.0 Å². The number of hydrogen-bond acceptors (Lipinski definition) is 4. The van der Waals surface area contributed by atoms with Gasteiger partial charge in [0.15, 0.2) is 0 Å². The summed E-state index contributed by atoms with van der Waals surface area (Å²) in [5.41, 5.74) is 5.22. The monoisotopic (exact) mass is 459 g/mol. The predicted octanol–water partition coefficient (Wildman–Crippen LogP) is 2.92. The van der Waals surface area contributed by atoms with Crippen LogP contribution >= 0.6 is 0 Å². The molecule has 0 aliphatic rings. The molecule has 0 spiro atoms. The number of hydroxylamine groups is 1. The molecule has 0 heterocycles. The van der Waals surface area contributed by atoms with E-state index < -0.39 is 11.8 Å². The highest BCUT2D eigenvalue weighted by molar-refractivity contribution is 5.88. The van der Waals surface area contributed by atoms with Gasteiger partial charge in [-0.25, -0.2) is 5.48 Å². The number of benzene rings is 3.